The van der Waals surface area contributed by atoms with Gasteiger partial charge in [-0.3, -0.25) is 4.79 Å². The minimum atomic E-state index is -0.781. The minimum Gasteiger partial charge on any atom is -0.481 e. The Morgan fingerprint density at radius 2 is 2.40 bits per heavy atom. The lowest BCUT2D eigenvalue weighted by Crippen LogP contribution is -2.20. The Labute approximate surface area is 88.1 Å². The maximum atomic E-state index is 10.5. The van der Waals surface area contributed by atoms with Gasteiger partial charge in [-0.05, 0) is 12.3 Å². The van der Waals surface area contributed by atoms with Gasteiger partial charge in [0.1, 0.15) is 11.6 Å². The van der Waals surface area contributed by atoms with Gasteiger partial charge in [0.15, 0.2) is 0 Å². The highest BCUT2D eigenvalue weighted by Crippen LogP contribution is 2.19. The topological polar surface area (TPSA) is 68.0 Å². The van der Waals surface area contributed by atoms with Gasteiger partial charge in [-0.1, -0.05) is 6.92 Å². The molecule has 0 fully saturated rings. The molecule has 1 atom stereocenters. The van der Waals surface area contributed by atoms with Gasteiger partial charge in [0.05, 0.1) is 6.42 Å². The monoisotopic (exact) mass is 209 g/mol. The first-order chi connectivity index (χ1) is 7.16. The fraction of sp³-hybridized carbons (Fsp3) is 0.700. The number of hydrogen-bond acceptors (Lipinski definition) is 3. The van der Waals surface area contributed by atoms with Gasteiger partial charge in [-0.25, -0.2) is 0 Å². The molecule has 1 N–H and O–H groups in total. The number of carboxylic acid groups (broad SMARTS) is 1. The van der Waals surface area contributed by atoms with Crippen molar-refractivity contribution < 1.29 is 9.90 Å². The molecule has 0 aromatic carbocycles. The molecule has 82 valence electrons. The van der Waals surface area contributed by atoms with Crippen LogP contribution in [0.15, 0.2) is 0 Å². The van der Waals surface area contributed by atoms with Crippen LogP contribution in [0.25, 0.3) is 0 Å². The van der Waals surface area contributed by atoms with Crippen LogP contribution in [0, 0.1) is 5.92 Å². The Morgan fingerprint density at radius 3 is 3.13 bits per heavy atom. The average molecular weight is 209 g/mol. The zero-order chi connectivity index (χ0) is 10.8. The largest absolute Gasteiger partial charge is 0.481 e. The molecule has 0 spiro atoms. The van der Waals surface area contributed by atoms with E-state index < -0.39 is 5.97 Å². The molecule has 2 heterocycles. The second kappa shape index (κ2) is 4.00. The predicted octanol–water partition coefficient (Wildman–Crippen LogP) is 0.878. The maximum absolute atomic E-state index is 10.5. The van der Waals surface area contributed by atoms with Gasteiger partial charge >= 0.3 is 5.97 Å². The standard InChI is InChI=1S/C10H15N3O2/c1-7-2-3-8-11-12-9(13(8)6-7)4-5-10(14)15/h7H,2-6H2,1H3,(H,14,15). The van der Waals surface area contributed by atoms with E-state index in [-0.39, 0.29) is 6.42 Å². The second-order valence-corrected chi connectivity index (χ2v) is 4.18. The highest BCUT2D eigenvalue weighted by Gasteiger charge is 2.20. The number of hydrogen-bond donors (Lipinski definition) is 1. The Kier molecular flexibility index (Phi) is 2.70. The summed E-state index contributed by atoms with van der Waals surface area (Å²) in [5.41, 5.74) is 0. The highest BCUT2D eigenvalue weighted by atomic mass is 16.4. The van der Waals surface area contributed by atoms with E-state index in [1.165, 1.54) is 0 Å². The van der Waals surface area contributed by atoms with Crippen LogP contribution in [0.3, 0.4) is 0 Å². The van der Waals surface area contributed by atoms with Crippen LogP contribution in [-0.4, -0.2) is 25.8 Å². The van der Waals surface area contributed by atoms with Gasteiger partial charge in [0, 0.05) is 19.4 Å². The number of aliphatic carboxylic acids is 1. The third kappa shape index (κ3) is 2.16. The molecule has 1 aliphatic rings. The summed E-state index contributed by atoms with van der Waals surface area (Å²) in [4.78, 5) is 10.5. The highest BCUT2D eigenvalue weighted by molar-refractivity contribution is 5.66. The molecular weight excluding hydrogens is 194 g/mol. The first-order valence-electron chi connectivity index (χ1n) is 5.29. The SMILES string of the molecule is CC1CCc2nnc(CCC(=O)O)n2C1. The lowest BCUT2D eigenvalue weighted by Gasteiger charge is -2.20. The van der Waals surface area contributed by atoms with Crippen LogP contribution >= 0.6 is 0 Å². The van der Waals surface area contributed by atoms with E-state index in [0.29, 0.717) is 12.3 Å². The van der Waals surface area contributed by atoms with Gasteiger partial charge in [-0.2, -0.15) is 0 Å². The van der Waals surface area contributed by atoms with Gasteiger partial charge in [-0.15, -0.1) is 10.2 Å². The summed E-state index contributed by atoms with van der Waals surface area (Å²) in [5.74, 6) is 1.68. The van der Waals surface area contributed by atoms with E-state index in [0.717, 1.165) is 31.0 Å². The molecule has 0 radical (unpaired) electrons. The molecule has 0 amide bonds. The Balaban J connectivity index is 2.12. The van der Waals surface area contributed by atoms with E-state index in [1.807, 2.05) is 0 Å². The molecule has 0 saturated carbocycles. The zero-order valence-electron chi connectivity index (χ0n) is 8.81. The van der Waals surface area contributed by atoms with Crippen molar-refractivity contribution >= 4 is 5.97 Å². The number of carbonyl (C=O) groups is 1. The summed E-state index contributed by atoms with van der Waals surface area (Å²) in [6, 6.07) is 0. The number of fused-ring (bicyclic) bond motifs is 1. The van der Waals surface area contributed by atoms with Crippen LogP contribution in [-0.2, 0) is 24.2 Å². The Hall–Kier alpha value is -1.39. The molecular formula is C10H15N3O2. The van der Waals surface area contributed by atoms with Gasteiger partial charge < -0.3 is 9.67 Å². The number of rotatable bonds is 3. The summed E-state index contributed by atoms with van der Waals surface area (Å²) in [6.45, 7) is 3.13. The first kappa shape index (κ1) is 10.1. The lowest BCUT2D eigenvalue weighted by molar-refractivity contribution is -0.137. The molecule has 1 aromatic rings. The van der Waals surface area contributed by atoms with Crippen LogP contribution < -0.4 is 0 Å². The van der Waals surface area contributed by atoms with Gasteiger partial charge in [0.2, 0.25) is 0 Å². The van der Waals surface area contributed by atoms with Crippen LogP contribution in [0.2, 0.25) is 0 Å². The molecule has 0 saturated heterocycles. The molecule has 1 aromatic heterocycles. The third-order valence-electron chi connectivity index (χ3n) is 2.82. The molecule has 0 aliphatic carbocycles. The van der Waals surface area contributed by atoms with E-state index in [9.17, 15) is 4.79 Å². The number of aromatic nitrogens is 3. The maximum Gasteiger partial charge on any atom is 0.303 e. The number of aryl methyl sites for hydroxylation is 2. The van der Waals surface area contributed by atoms with Crippen molar-refractivity contribution in [2.75, 3.05) is 0 Å². The Bertz CT molecular complexity index is 373. The summed E-state index contributed by atoms with van der Waals surface area (Å²) in [5, 5.41) is 16.8. The normalized spacial score (nSPS) is 19.9. The van der Waals surface area contributed by atoms with E-state index >= 15 is 0 Å². The number of carboxylic acids is 1. The van der Waals surface area contributed by atoms with Crippen molar-refractivity contribution in [1.82, 2.24) is 14.8 Å². The minimum absolute atomic E-state index is 0.131. The quantitative estimate of drug-likeness (QED) is 0.802. The fourth-order valence-electron chi connectivity index (χ4n) is 1.95. The molecule has 15 heavy (non-hydrogen) atoms. The zero-order valence-corrected chi connectivity index (χ0v) is 8.81. The van der Waals surface area contributed by atoms with Crippen molar-refractivity contribution in [3.63, 3.8) is 0 Å². The molecule has 5 heteroatoms. The summed E-state index contributed by atoms with van der Waals surface area (Å²) >= 11 is 0. The van der Waals surface area contributed by atoms with Crippen LogP contribution in [0.4, 0.5) is 0 Å². The predicted molar refractivity (Wildman–Crippen MR) is 53.5 cm³/mol. The smallest absolute Gasteiger partial charge is 0.303 e. The van der Waals surface area contributed by atoms with Crippen molar-refractivity contribution in [1.29, 1.82) is 0 Å². The summed E-state index contributed by atoms with van der Waals surface area (Å²) in [7, 11) is 0. The van der Waals surface area contributed by atoms with Crippen molar-refractivity contribution in [3.8, 4) is 0 Å². The molecule has 5 nitrogen and oxygen atoms in total. The van der Waals surface area contributed by atoms with E-state index in [1.54, 1.807) is 0 Å². The van der Waals surface area contributed by atoms with Crippen molar-refractivity contribution in [2.45, 2.75) is 39.2 Å². The van der Waals surface area contributed by atoms with Crippen LogP contribution in [0.1, 0.15) is 31.4 Å². The molecule has 2 rings (SSSR count). The molecule has 0 bridgehead atoms. The van der Waals surface area contributed by atoms with Crippen LogP contribution in [0.5, 0.6) is 0 Å². The van der Waals surface area contributed by atoms with Crippen molar-refractivity contribution in [3.05, 3.63) is 11.6 Å². The summed E-state index contributed by atoms with van der Waals surface area (Å²) < 4.78 is 2.08. The summed E-state index contributed by atoms with van der Waals surface area (Å²) in [6.07, 6.45) is 2.72. The number of nitrogens with zero attached hydrogens (tertiary/aromatic N) is 3. The molecule has 1 unspecified atom stereocenters. The van der Waals surface area contributed by atoms with Gasteiger partial charge in [0.25, 0.3) is 0 Å². The average Bonchev–Trinajstić information content (AvgIpc) is 2.57. The second-order valence-electron chi connectivity index (χ2n) is 4.18. The fourth-order valence-corrected chi connectivity index (χ4v) is 1.95. The molecule has 1 aliphatic heterocycles. The lowest BCUT2D eigenvalue weighted by atomic mass is 10.0. The van der Waals surface area contributed by atoms with E-state index in [4.69, 9.17) is 5.11 Å². The Morgan fingerprint density at radius 1 is 1.60 bits per heavy atom. The van der Waals surface area contributed by atoms with E-state index in [2.05, 4.69) is 21.7 Å². The van der Waals surface area contributed by atoms with Crippen molar-refractivity contribution in [2.24, 2.45) is 5.92 Å². The third-order valence-corrected chi connectivity index (χ3v) is 2.82. The first-order valence-corrected chi connectivity index (χ1v) is 5.29.